The van der Waals surface area contributed by atoms with Crippen molar-refractivity contribution in [3.63, 3.8) is 0 Å². The van der Waals surface area contributed by atoms with Crippen molar-refractivity contribution < 1.29 is 4.79 Å². The van der Waals surface area contributed by atoms with Crippen LogP contribution >= 0.6 is 11.6 Å². The van der Waals surface area contributed by atoms with Gasteiger partial charge in [0, 0.05) is 16.7 Å². The van der Waals surface area contributed by atoms with Gasteiger partial charge >= 0.3 is 0 Å². The number of hydrogen-bond acceptors (Lipinski definition) is 5. The van der Waals surface area contributed by atoms with Crippen molar-refractivity contribution in [3.05, 3.63) is 41.6 Å². The average Bonchev–Trinajstić information content (AvgIpc) is 3.33. The molecule has 1 amide bonds. The van der Waals surface area contributed by atoms with E-state index in [2.05, 4.69) is 25.8 Å². The normalized spacial score (nSPS) is 15.0. The van der Waals surface area contributed by atoms with Gasteiger partial charge in [-0.2, -0.15) is 9.90 Å². The highest BCUT2D eigenvalue weighted by Crippen LogP contribution is 2.29. The van der Waals surface area contributed by atoms with E-state index in [0.29, 0.717) is 22.7 Å². The summed E-state index contributed by atoms with van der Waals surface area (Å²) in [4.78, 5) is 13.7. The highest BCUT2D eigenvalue weighted by molar-refractivity contribution is 6.30. The van der Waals surface area contributed by atoms with Gasteiger partial charge in [0.15, 0.2) is 0 Å². The Morgan fingerprint density at radius 1 is 1.15 bits per heavy atom. The van der Waals surface area contributed by atoms with Crippen molar-refractivity contribution >= 4 is 23.3 Å². The predicted molar refractivity (Wildman–Crippen MR) is 101 cm³/mol. The summed E-state index contributed by atoms with van der Waals surface area (Å²) in [7, 11) is 0. The maximum Gasteiger partial charge on any atom is 0.249 e. The van der Waals surface area contributed by atoms with Gasteiger partial charge in [0.05, 0.1) is 12.2 Å². The molecule has 0 aliphatic heterocycles. The number of carbonyl (C=O) groups excluding carboxylic acids is 1. The molecule has 0 radical (unpaired) electrons. The second kappa shape index (κ2) is 7.87. The standard InChI is InChI=1S/C18H20ClN7O/c19-14-8-6-13(7-9-14)18-22-24-25(23-18)12-17(27)21-16-10-11-20-26(16)15-4-2-1-3-5-15/h6-11,15H,1-5,12H2,(H,21,27). The molecule has 3 aromatic rings. The Balaban J connectivity index is 1.40. The minimum Gasteiger partial charge on any atom is -0.309 e. The monoisotopic (exact) mass is 385 g/mol. The molecule has 4 rings (SSSR count). The lowest BCUT2D eigenvalue weighted by molar-refractivity contribution is -0.117. The second-order valence-electron chi connectivity index (χ2n) is 6.65. The van der Waals surface area contributed by atoms with Crippen molar-refractivity contribution in [2.45, 2.75) is 44.7 Å². The van der Waals surface area contributed by atoms with E-state index >= 15 is 0 Å². The molecular weight excluding hydrogens is 366 g/mol. The molecule has 8 nitrogen and oxygen atoms in total. The second-order valence-corrected chi connectivity index (χ2v) is 7.09. The van der Waals surface area contributed by atoms with Crippen LogP contribution in [0.1, 0.15) is 38.1 Å². The molecule has 0 atom stereocenters. The van der Waals surface area contributed by atoms with Crippen LogP contribution in [0.25, 0.3) is 11.4 Å². The largest absolute Gasteiger partial charge is 0.309 e. The number of amides is 1. The van der Waals surface area contributed by atoms with Gasteiger partial charge in [-0.1, -0.05) is 30.9 Å². The van der Waals surface area contributed by atoms with E-state index in [9.17, 15) is 4.79 Å². The number of rotatable bonds is 5. The number of aromatic nitrogens is 6. The van der Waals surface area contributed by atoms with Crippen LogP contribution < -0.4 is 5.32 Å². The fourth-order valence-corrected chi connectivity index (χ4v) is 3.49. The first-order valence-corrected chi connectivity index (χ1v) is 9.44. The van der Waals surface area contributed by atoms with E-state index in [1.165, 1.54) is 24.1 Å². The summed E-state index contributed by atoms with van der Waals surface area (Å²) in [6.45, 7) is -0.0174. The smallest absolute Gasteiger partial charge is 0.249 e. The Labute approximate surface area is 161 Å². The van der Waals surface area contributed by atoms with Crippen molar-refractivity contribution in [2.75, 3.05) is 5.32 Å². The van der Waals surface area contributed by atoms with Crippen LogP contribution in [-0.2, 0) is 11.3 Å². The zero-order valence-electron chi connectivity index (χ0n) is 14.8. The zero-order chi connectivity index (χ0) is 18.6. The molecule has 1 N–H and O–H groups in total. The summed E-state index contributed by atoms with van der Waals surface area (Å²) in [6, 6.07) is 9.32. The van der Waals surface area contributed by atoms with Gasteiger partial charge < -0.3 is 5.32 Å². The van der Waals surface area contributed by atoms with E-state index in [1.54, 1.807) is 18.3 Å². The Hall–Kier alpha value is -2.74. The lowest BCUT2D eigenvalue weighted by Gasteiger charge is -2.23. The summed E-state index contributed by atoms with van der Waals surface area (Å²) in [5, 5.41) is 20.2. The molecule has 0 saturated heterocycles. The van der Waals surface area contributed by atoms with Gasteiger partial charge in [-0.3, -0.25) is 4.79 Å². The van der Waals surface area contributed by atoms with Gasteiger partial charge in [0.1, 0.15) is 12.4 Å². The van der Waals surface area contributed by atoms with Gasteiger partial charge in [-0.25, -0.2) is 4.68 Å². The first kappa shape index (κ1) is 17.7. The number of anilines is 1. The number of benzene rings is 1. The van der Waals surface area contributed by atoms with E-state index in [1.807, 2.05) is 22.9 Å². The molecule has 1 aliphatic carbocycles. The molecule has 1 aromatic carbocycles. The van der Waals surface area contributed by atoms with E-state index in [4.69, 9.17) is 11.6 Å². The number of nitrogens with one attached hydrogen (secondary N) is 1. The van der Waals surface area contributed by atoms with Crippen LogP contribution in [-0.4, -0.2) is 35.9 Å². The van der Waals surface area contributed by atoms with Crippen LogP contribution in [0.2, 0.25) is 5.02 Å². The topological polar surface area (TPSA) is 90.5 Å². The minimum absolute atomic E-state index is 0.0174. The fourth-order valence-electron chi connectivity index (χ4n) is 3.37. The first-order chi connectivity index (χ1) is 13.2. The van der Waals surface area contributed by atoms with Gasteiger partial charge in [0.25, 0.3) is 0 Å². The highest BCUT2D eigenvalue weighted by Gasteiger charge is 2.19. The number of hydrogen-bond donors (Lipinski definition) is 1. The van der Waals surface area contributed by atoms with Crippen LogP contribution in [0.4, 0.5) is 5.82 Å². The summed E-state index contributed by atoms with van der Waals surface area (Å²) < 4.78 is 1.92. The molecule has 2 aromatic heterocycles. The van der Waals surface area contributed by atoms with E-state index in [0.717, 1.165) is 18.4 Å². The number of halogens is 1. The van der Waals surface area contributed by atoms with Crippen LogP contribution in [0.5, 0.6) is 0 Å². The van der Waals surface area contributed by atoms with Crippen LogP contribution in [0.3, 0.4) is 0 Å². The Bertz CT molecular complexity index is 912. The van der Waals surface area contributed by atoms with Gasteiger partial charge in [-0.05, 0) is 42.3 Å². The zero-order valence-corrected chi connectivity index (χ0v) is 15.5. The molecule has 9 heteroatoms. The Morgan fingerprint density at radius 2 is 1.93 bits per heavy atom. The summed E-state index contributed by atoms with van der Waals surface area (Å²) in [5.74, 6) is 0.948. The third-order valence-corrected chi connectivity index (χ3v) is 4.95. The highest BCUT2D eigenvalue weighted by atomic mass is 35.5. The maximum absolute atomic E-state index is 12.4. The number of tetrazole rings is 1. The van der Waals surface area contributed by atoms with Crippen LogP contribution in [0.15, 0.2) is 36.5 Å². The Morgan fingerprint density at radius 3 is 2.70 bits per heavy atom. The van der Waals surface area contributed by atoms with Crippen molar-refractivity contribution in [1.82, 2.24) is 30.0 Å². The third kappa shape index (κ3) is 4.16. The molecule has 0 bridgehead atoms. The van der Waals surface area contributed by atoms with Crippen molar-refractivity contribution in [3.8, 4) is 11.4 Å². The number of carbonyl (C=O) groups is 1. The van der Waals surface area contributed by atoms with Gasteiger partial charge in [0.2, 0.25) is 11.7 Å². The SMILES string of the molecule is O=C(Cn1nnc(-c2ccc(Cl)cc2)n1)Nc1ccnn1C1CCCCC1. The third-order valence-electron chi connectivity index (χ3n) is 4.70. The lowest BCUT2D eigenvalue weighted by Crippen LogP contribution is -2.24. The molecule has 0 spiro atoms. The number of nitrogens with zero attached hydrogens (tertiary/aromatic N) is 6. The fraction of sp³-hybridized carbons (Fsp3) is 0.389. The summed E-state index contributed by atoms with van der Waals surface area (Å²) >= 11 is 5.89. The molecule has 27 heavy (non-hydrogen) atoms. The van der Waals surface area contributed by atoms with Crippen molar-refractivity contribution in [1.29, 1.82) is 0 Å². The molecule has 1 fully saturated rings. The van der Waals surface area contributed by atoms with Crippen LogP contribution in [0, 0.1) is 0 Å². The quantitative estimate of drug-likeness (QED) is 0.727. The van der Waals surface area contributed by atoms with E-state index < -0.39 is 0 Å². The molecular formula is C18H20ClN7O. The lowest BCUT2D eigenvalue weighted by atomic mass is 9.96. The molecule has 1 saturated carbocycles. The average molecular weight is 386 g/mol. The summed E-state index contributed by atoms with van der Waals surface area (Å²) in [5.41, 5.74) is 0.793. The van der Waals surface area contributed by atoms with E-state index in [-0.39, 0.29) is 12.5 Å². The molecule has 0 unspecified atom stereocenters. The molecule has 1 aliphatic rings. The molecule has 2 heterocycles. The maximum atomic E-state index is 12.4. The predicted octanol–water partition coefficient (Wildman–Crippen LogP) is 3.33. The minimum atomic E-state index is -0.215. The van der Waals surface area contributed by atoms with Crippen molar-refractivity contribution in [2.24, 2.45) is 0 Å². The van der Waals surface area contributed by atoms with Gasteiger partial charge in [-0.15, -0.1) is 10.2 Å². The Kier molecular flexibility index (Phi) is 5.15. The molecule has 140 valence electrons. The summed E-state index contributed by atoms with van der Waals surface area (Å²) in [6.07, 6.45) is 7.59. The first-order valence-electron chi connectivity index (χ1n) is 9.06.